The Morgan fingerprint density at radius 3 is 1.06 bits per heavy atom. The van der Waals surface area contributed by atoms with Gasteiger partial charge in [-0.1, -0.05) is 213 Å². The van der Waals surface area contributed by atoms with E-state index in [-0.39, 0.29) is 0 Å². The molecule has 508 valence electrons. The molecule has 0 aliphatic carbocycles. The fourth-order valence-electron chi connectivity index (χ4n) is 12.1. The Hall–Kier alpha value is -4.38. The first-order chi connectivity index (χ1) is 46.2. The van der Waals surface area contributed by atoms with Crippen LogP contribution in [0.1, 0.15) is 192 Å². The molecular weight excluding hydrogens is 1270 g/mol. The average Bonchev–Trinajstić information content (AvgIpc) is 1.64. The largest absolute Gasteiger partial charge is 0.382 e. The number of rotatable bonds is 45. The number of hydrogen-bond acceptors (Lipinski definition) is 12. The third kappa shape index (κ3) is 24.6. The minimum atomic E-state index is 0.423. The summed E-state index contributed by atoms with van der Waals surface area (Å²) in [5.74, 6) is 0. The number of unbranched alkanes of at least 4 members (excludes halogenated alkanes) is 18. The van der Waals surface area contributed by atoms with Gasteiger partial charge in [-0.3, -0.25) is 0 Å². The van der Waals surface area contributed by atoms with Crippen molar-refractivity contribution in [3.63, 3.8) is 0 Å². The Labute approximate surface area is 590 Å². The highest BCUT2D eigenvalue weighted by molar-refractivity contribution is 7.28. The first-order valence-corrected chi connectivity index (χ1v) is 40.3. The van der Waals surface area contributed by atoms with Crippen LogP contribution < -0.4 is 0 Å². The number of ether oxygens (including phenoxy) is 4. The zero-order chi connectivity index (χ0) is 66.0. The monoisotopic (exact) mass is 1380 g/mol. The van der Waals surface area contributed by atoms with Crippen LogP contribution in [0.4, 0.5) is 0 Å². The van der Waals surface area contributed by atoms with Crippen LogP contribution in [0.2, 0.25) is 0 Å². The van der Waals surface area contributed by atoms with Crippen LogP contribution in [0, 0.1) is 27.7 Å². The quantitative estimate of drug-likeness (QED) is 0.0215. The maximum absolute atomic E-state index is 6.22. The van der Waals surface area contributed by atoms with Gasteiger partial charge in [-0.2, -0.15) is 0 Å². The molecule has 3 aromatic carbocycles. The van der Waals surface area contributed by atoms with Gasteiger partial charge in [0, 0.05) is 72.9 Å². The third-order valence-electron chi connectivity index (χ3n) is 17.5. The Bertz CT molecular complexity index is 3480. The molecule has 12 heteroatoms. The van der Waals surface area contributed by atoms with E-state index in [0.29, 0.717) is 52.9 Å². The average molecular weight is 1380 g/mol. The molecule has 0 aliphatic rings. The SMILES string of the molecule is CCCCCCCCCCCCc1c(-c2ccc(C)s2)sc(-c2ccc(-c3ccc(-c4ccc(C)cc4)cc3)s2)c1CCCCCCCCCCCC.COCCOCCOCc1c(-c2ccc(-c3ccc(C)cc3)s2)sc(-c2ccc(C)s2)c1CCCOCCOOC. The summed E-state index contributed by atoms with van der Waals surface area (Å²) < 4.78 is 22.7. The summed E-state index contributed by atoms with van der Waals surface area (Å²) >= 11 is 11.7. The summed E-state index contributed by atoms with van der Waals surface area (Å²) in [6, 6.07) is 45.4. The van der Waals surface area contributed by atoms with Gasteiger partial charge < -0.3 is 18.9 Å². The molecule has 6 nitrogen and oxygen atoms in total. The molecule has 0 bridgehead atoms. The van der Waals surface area contributed by atoms with Gasteiger partial charge in [0.15, 0.2) is 0 Å². The van der Waals surface area contributed by atoms with Crippen molar-refractivity contribution >= 4 is 68.0 Å². The van der Waals surface area contributed by atoms with E-state index in [9.17, 15) is 0 Å². The highest BCUT2D eigenvalue weighted by Gasteiger charge is 2.25. The lowest BCUT2D eigenvalue weighted by atomic mass is 9.95. The van der Waals surface area contributed by atoms with Gasteiger partial charge in [-0.05, 0) is 154 Å². The molecule has 0 radical (unpaired) electrons. The van der Waals surface area contributed by atoms with Crippen molar-refractivity contribution in [2.75, 3.05) is 60.5 Å². The molecule has 0 atom stereocenters. The lowest BCUT2D eigenvalue weighted by Gasteiger charge is -2.11. The van der Waals surface area contributed by atoms with E-state index in [2.05, 4.69) is 179 Å². The second-order valence-electron chi connectivity index (χ2n) is 25.1. The van der Waals surface area contributed by atoms with Crippen molar-refractivity contribution in [1.29, 1.82) is 0 Å². The van der Waals surface area contributed by atoms with Crippen molar-refractivity contribution in [1.82, 2.24) is 0 Å². The summed E-state index contributed by atoms with van der Waals surface area (Å²) in [5.41, 5.74) is 13.7. The second kappa shape index (κ2) is 43.1. The Balaban J connectivity index is 0.000000249. The Morgan fingerprint density at radius 2 is 0.617 bits per heavy atom. The standard InChI is InChI=1S/C50H68S3.C32H40O6S3/c1-5-7-9-11-13-15-17-19-21-23-25-44-45(26-24-22-20-18-16-14-12-10-8-6-2)50(53-49(44)47-36-29-40(4)51-47)48-38-37-46(52-48)43-34-32-42(33-35-43)41-30-27-39(3)28-31-41;1-23-7-10-25(11-8-23)28-13-14-30(40-28)32-27(22-37-19-18-36-17-16-33-3)26(6-5-15-35-20-21-38-34-4)31(41-32)29-12-9-24(2)39-29/h27-38H,5-26H2,1-4H3;7-14H,5-6,15-22H2,1-4H3. The van der Waals surface area contributed by atoms with Crippen molar-refractivity contribution in [2.45, 2.75) is 202 Å². The van der Waals surface area contributed by atoms with E-state index in [1.54, 1.807) is 28.0 Å². The van der Waals surface area contributed by atoms with Gasteiger partial charge in [0.25, 0.3) is 0 Å². The minimum Gasteiger partial charge on any atom is -0.382 e. The van der Waals surface area contributed by atoms with E-state index in [1.165, 1.54) is 242 Å². The number of hydrogen-bond donors (Lipinski definition) is 0. The molecule has 0 N–H and O–H groups in total. The van der Waals surface area contributed by atoms with Gasteiger partial charge in [0.2, 0.25) is 0 Å². The molecule has 0 saturated heterocycles. The summed E-state index contributed by atoms with van der Waals surface area (Å²) in [4.78, 5) is 26.2. The number of methoxy groups -OCH3 is 1. The van der Waals surface area contributed by atoms with E-state index < -0.39 is 0 Å². The second-order valence-corrected chi connectivity index (χ2v) is 31.9. The lowest BCUT2D eigenvalue weighted by Crippen LogP contribution is -2.09. The summed E-state index contributed by atoms with van der Waals surface area (Å²) in [6.45, 7) is 17.7. The smallest absolute Gasteiger partial charge is 0.106 e. The van der Waals surface area contributed by atoms with Gasteiger partial charge in [0.1, 0.15) is 6.61 Å². The zero-order valence-corrected chi connectivity index (χ0v) is 63.0. The van der Waals surface area contributed by atoms with Crippen LogP contribution in [-0.2, 0) is 54.6 Å². The van der Waals surface area contributed by atoms with Gasteiger partial charge in [-0.15, -0.1) is 68.0 Å². The van der Waals surface area contributed by atoms with E-state index in [4.69, 9.17) is 23.8 Å². The molecule has 9 aromatic rings. The topological polar surface area (TPSA) is 55.4 Å². The van der Waals surface area contributed by atoms with Crippen LogP contribution >= 0.6 is 68.0 Å². The molecule has 9 rings (SSSR count). The highest BCUT2D eigenvalue weighted by Crippen LogP contribution is 2.50. The highest BCUT2D eigenvalue weighted by atomic mass is 32.1. The third-order valence-corrected chi connectivity index (χ3v) is 25.0. The molecule has 0 spiro atoms. The zero-order valence-electron chi connectivity index (χ0n) is 58.1. The van der Waals surface area contributed by atoms with Crippen molar-refractivity contribution in [3.8, 4) is 71.0 Å². The molecule has 0 saturated carbocycles. The maximum Gasteiger partial charge on any atom is 0.106 e. The Kier molecular flexibility index (Phi) is 34.6. The fraction of sp³-hybridized carbons (Fsp3) is 0.488. The maximum atomic E-state index is 6.22. The van der Waals surface area contributed by atoms with Crippen LogP contribution in [0.5, 0.6) is 0 Å². The van der Waals surface area contributed by atoms with E-state index >= 15 is 0 Å². The van der Waals surface area contributed by atoms with Gasteiger partial charge in [-0.25, -0.2) is 9.78 Å². The summed E-state index contributed by atoms with van der Waals surface area (Å²) in [6.07, 6.45) is 32.1. The first-order valence-electron chi connectivity index (χ1n) is 35.4. The summed E-state index contributed by atoms with van der Waals surface area (Å²) in [7, 11) is 3.19. The fourth-order valence-corrected chi connectivity index (χ4v) is 19.2. The van der Waals surface area contributed by atoms with Gasteiger partial charge >= 0.3 is 0 Å². The molecule has 0 fully saturated rings. The normalized spacial score (nSPS) is 11.5. The summed E-state index contributed by atoms with van der Waals surface area (Å²) in [5, 5.41) is 0. The van der Waals surface area contributed by atoms with E-state index in [1.807, 2.05) is 56.7 Å². The van der Waals surface area contributed by atoms with Crippen LogP contribution in [0.3, 0.4) is 0 Å². The molecule has 0 unspecified atom stereocenters. The van der Waals surface area contributed by atoms with Crippen molar-refractivity contribution < 1.29 is 28.7 Å². The van der Waals surface area contributed by atoms with Gasteiger partial charge in [0.05, 0.1) is 51.6 Å². The molecule has 6 heterocycles. The Morgan fingerprint density at radius 1 is 0.277 bits per heavy atom. The van der Waals surface area contributed by atoms with Crippen LogP contribution in [0.15, 0.2) is 121 Å². The lowest BCUT2D eigenvalue weighted by molar-refractivity contribution is -0.277. The van der Waals surface area contributed by atoms with Crippen molar-refractivity contribution in [2.24, 2.45) is 0 Å². The number of benzene rings is 3. The number of thiophene rings is 6. The molecule has 0 amide bonds. The van der Waals surface area contributed by atoms with Crippen molar-refractivity contribution in [3.05, 3.63) is 164 Å². The molecule has 94 heavy (non-hydrogen) atoms. The first kappa shape index (κ1) is 75.4. The van der Waals surface area contributed by atoms with Crippen LogP contribution in [0.25, 0.3) is 71.0 Å². The molecule has 0 aliphatic heterocycles. The number of aryl methyl sites for hydroxylation is 4. The molecule has 6 aromatic heterocycles. The predicted octanol–water partition coefficient (Wildman–Crippen LogP) is 26.3. The van der Waals surface area contributed by atoms with Crippen LogP contribution in [-0.4, -0.2) is 60.5 Å². The predicted molar refractivity (Wildman–Crippen MR) is 413 cm³/mol. The minimum absolute atomic E-state index is 0.423. The van der Waals surface area contributed by atoms with E-state index in [0.717, 1.165) is 12.8 Å². The molecular formula is C82H108O6S6.